The molecule has 0 aliphatic heterocycles. The number of hydrogen-bond donors (Lipinski definition) is 2. The average Bonchev–Trinajstić information content (AvgIpc) is 2.81. The van der Waals surface area contributed by atoms with Gasteiger partial charge in [-0.15, -0.1) is 12.4 Å². The number of nitrogens with one attached hydrogen (secondary N) is 1. The molecule has 20 heavy (non-hydrogen) atoms. The van der Waals surface area contributed by atoms with Crippen LogP contribution in [0.25, 0.3) is 0 Å². The van der Waals surface area contributed by atoms with Crippen LogP contribution in [0.3, 0.4) is 0 Å². The lowest BCUT2D eigenvalue weighted by atomic mass is 9.97. The van der Waals surface area contributed by atoms with Gasteiger partial charge in [0, 0.05) is 12.0 Å². The van der Waals surface area contributed by atoms with E-state index >= 15 is 0 Å². The number of nitrogens with two attached hydrogens (primary N) is 1. The molecule has 0 aromatic rings. The molecule has 0 bridgehead atoms. The molecule has 5 nitrogen and oxygen atoms in total. The van der Waals surface area contributed by atoms with E-state index in [2.05, 4.69) is 5.32 Å². The summed E-state index contributed by atoms with van der Waals surface area (Å²) in [5.41, 5.74) is 5.82. The summed E-state index contributed by atoms with van der Waals surface area (Å²) in [6.07, 6.45) is 3.21. The van der Waals surface area contributed by atoms with E-state index in [1.807, 2.05) is 13.8 Å². The Balaban J connectivity index is 0.00000361. The maximum Gasteiger partial charge on any atom is 0.328 e. The maximum absolute atomic E-state index is 12.2. The summed E-state index contributed by atoms with van der Waals surface area (Å²) in [7, 11) is 0. The molecule has 0 spiro atoms. The van der Waals surface area contributed by atoms with Crippen LogP contribution < -0.4 is 11.1 Å². The lowest BCUT2D eigenvalue weighted by Crippen LogP contribution is -2.47. The highest BCUT2D eigenvalue weighted by Gasteiger charge is 2.33. The minimum Gasteiger partial charge on any atom is -0.464 e. The first-order valence-electron chi connectivity index (χ1n) is 7.22. The molecule has 0 saturated heterocycles. The van der Waals surface area contributed by atoms with Crippen molar-refractivity contribution < 1.29 is 14.3 Å². The Morgan fingerprint density at radius 3 is 2.45 bits per heavy atom. The Labute approximate surface area is 127 Å². The summed E-state index contributed by atoms with van der Waals surface area (Å²) in [5, 5.41) is 2.85. The van der Waals surface area contributed by atoms with Gasteiger partial charge < -0.3 is 15.8 Å². The third kappa shape index (κ3) is 5.29. The number of carbonyl (C=O) groups is 2. The summed E-state index contributed by atoms with van der Waals surface area (Å²) >= 11 is 0. The average molecular weight is 307 g/mol. The summed E-state index contributed by atoms with van der Waals surface area (Å²) in [6.45, 7) is 6.04. The molecule has 4 unspecified atom stereocenters. The summed E-state index contributed by atoms with van der Waals surface area (Å²) in [6, 6.07) is -0.435. The predicted octanol–water partition coefficient (Wildman–Crippen LogP) is 1.63. The van der Waals surface area contributed by atoms with Gasteiger partial charge in [-0.3, -0.25) is 4.79 Å². The zero-order valence-electron chi connectivity index (χ0n) is 12.6. The van der Waals surface area contributed by atoms with E-state index in [9.17, 15) is 9.59 Å². The first-order chi connectivity index (χ1) is 8.99. The van der Waals surface area contributed by atoms with Gasteiger partial charge in [0.25, 0.3) is 0 Å². The predicted molar refractivity (Wildman–Crippen MR) is 80.6 cm³/mol. The van der Waals surface area contributed by atoms with Gasteiger partial charge >= 0.3 is 5.97 Å². The molecular formula is C14H27ClN2O3. The fourth-order valence-electron chi connectivity index (χ4n) is 2.43. The molecule has 0 aromatic carbocycles. The molecule has 1 aliphatic rings. The van der Waals surface area contributed by atoms with Gasteiger partial charge in [0.2, 0.25) is 5.91 Å². The number of amides is 1. The Hall–Kier alpha value is -0.810. The Morgan fingerprint density at radius 2 is 2.00 bits per heavy atom. The number of carbonyl (C=O) groups excluding carboxylic acids is 2. The molecule has 0 aromatic heterocycles. The fourth-order valence-corrected chi connectivity index (χ4v) is 2.43. The van der Waals surface area contributed by atoms with E-state index < -0.39 is 6.04 Å². The molecule has 3 N–H and O–H groups in total. The quantitative estimate of drug-likeness (QED) is 0.731. The molecule has 1 aliphatic carbocycles. The molecule has 6 heteroatoms. The number of halogens is 1. The van der Waals surface area contributed by atoms with Crippen LogP contribution in [0, 0.1) is 11.8 Å². The summed E-state index contributed by atoms with van der Waals surface area (Å²) in [5.74, 6) is -0.396. The van der Waals surface area contributed by atoms with Crippen LogP contribution in [-0.2, 0) is 14.3 Å². The molecule has 0 radical (unpaired) electrons. The lowest BCUT2D eigenvalue weighted by Gasteiger charge is -2.24. The zero-order chi connectivity index (χ0) is 14.4. The van der Waals surface area contributed by atoms with Gasteiger partial charge in [0.1, 0.15) is 6.04 Å². The second-order valence-electron chi connectivity index (χ2n) is 5.39. The van der Waals surface area contributed by atoms with Crippen molar-refractivity contribution in [2.45, 2.75) is 58.5 Å². The largest absolute Gasteiger partial charge is 0.464 e. The van der Waals surface area contributed by atoms with Gasteiger partial charge in [0.05, 0.1) is 6.61 Å². The van der Waals surface area contributed by atoms with Crippen molar-refractivity contribution in [2.24, 2.45) is 17.6 Å². The monoisotopic (exact) mass is 306 g/mol. The molecule has 0 heterocycles. The zero-order valence-corrected chi connectivity index (χ0v) is 13.4. The van der Waals surface area contributed by atoms with E-state index in [-0.39, 0.29) is 42.2 Å². The summed E-state index contributed by atoms with van der Waals surface area (Å²) < 4.78 is 5.03. The van der Waals surface area contributed by atoms with Crippen molar-refractivity contribution in [3.63, 3.8) is 0 Å². The van der Waals surface area contributed by atoms with Crippen LogP contribution >= 0.6 is 12.4 Å². The van der Waals surface area contributed by atoms with Crippen molar-refractivity contribution in [1.29, 1.82) is 0 Å². The van der Waals surface area contributed by atoms with Crippen LogP contribution in [0.4, 0.5) is 0 Å². The first-order valence-corrected chi connectivity index (χ1v) is 7.22. The first kappa shape index (κ1) is 19.2. The van der Waals surface area contributed by atoms with Gasteiger partial charge in [-0.05, 0) is 32.1 Å². The SMILES string of the molecule is CCOC(=O)C(NC(=O)C1CCC(N)C1)C(C)CC.Cl. The highest BCUT2D eigenvalue weighted by molar-refractivity contribution is 5.86. The highest BCUT2D eigenvalue weighted by atomic mass is 35.5. The number of ether oxygens (including phenoxy) is 1. The van der Waals surface area contributed by atoms with Crippen molar-refractivity contribution >= 4 is 24.3 Å². The van der Waals surface area contributed by atoms with E-state index in [1.165, 1.54) is 0 Å². The van der Waals surface area contributed by atoms with Crippen molar-refractivity contribution in [3.05, 3.63) is 0 Å². The molecule has 1 rings (SSSR count). The fraction of sp³-hybridized carbons (Fsp3) is 0.857. The molecule has 4 atom stereocenters. The van der Waals surface area contributed by atoms with Crippen LogP contribution in [-0.4, -0.2) is 30.6 Å². The summed E-state index contributed by atoms with van der Waals surface area (Å²) in [4.78, 5) is 24.1. The topological polar surface area (TPSA) is 81.4 Å². The van der Waals surface area contributed by atoms with E-state index in [1.54, 1.807) is 6.92 Å². The van der Waals surface area contributed by atoms with Crippen LogP contribution in [0.2, 0.25) is 0 Å². The number of esters is 1. The molecule has 118 valence electrons. The van der Waals surface area contributed by atoms with E-state index in [4.69, 9.17) is 10.5 Å². The second kappa shape index (κ2) is 9.19. The van der Waals surface area contributed by atoms with E-state index in [0.29, 0.717) is 13.0 Å². The van der Waals surface area contributed by atoms with Crippen LogP contribution in [0.15, 0.2) is 0 Å². The van der Waals surface area contributed by atoms with Crippen molar-refractivity contribution in [3.8, 4) is 0 Å². The Bertz CT molecular complexity index is 326. The van der Waals surface area contributed by atoms with Crippen molar-refractivity contribution in [2.75, 3.05) is 6.61 Å². The molecule has 1 fully saturated rings. The third-order valence-electron chi connectivity index (χ3n) is 3.90. The minimum atomic E-state index is -0.547. The van der Waals surface area contributed by atoms with Gasteiger partial charge in [-0.25, -0.2) is 4.79 Å². The second-order valence-corrected chi connectivity index (χ2v) is 5.39. The molecule has 1 saturated carbocycles. The minimum absolute atomic E-state index is 0. The van der Waals surface area contributed by atoms with Gasteiger partial charge in [-0.2, -0.15) is 0 Å². The lowest BCUT2D eigenvalue weighted by molar-refractivity contribution is -0.149. The van der Waals surface area contributed by atoms with Crippen LogP contribution in [0.1, 0.15) is 46.5 Å². The number of rotatable bonds is 6. The Kier molecular flexibility index (Phi) is 8.81. The highest BCUT2D eigenvalue weighted by Crippen LogP contribution is 2.24. The van der Waals surface area contributed by atoms with Crippen LogP contribution in [0.5, 0.6) is 0 Å². The van der Waals surface area contributed by atoms with E-state index in [0.717, 1.165) is 19.3 Å². The smallest absolute Gasteiger partial charge is 0.328 e. The van der Waals surface area contributed by atoms with Crippen molar-refractivity contribution in [1.82, 2.24) is 5.32 Å². The van der Waals surface area contributed by atoms with Gasteiger partial charge in [-0.1, -0.05) is 20.3 Å². The standard InChI is InChI=1S/C14H26N2O3.ClH/c1-4-9(3)12(14(18)19-5-2)16-13(17)10-6-7-11(15)8-10;/h9-12H,4-8,15H2,1-3H3,(H,16,17);1H. The Morgan fingerprint density at radius 1 is 1.35 bits per heavy atom. The normalized spacial score (nSPS) is 24.4. The molecule has 1 amide bonds. The maximum atomic E-state index is 12.2. The molecular weight excluding hydrogens is 280 g/mol. The van der Waals surface area contributed by atoms with Gasteiger partial charge in [0.15, 0.2) is 0 Å². The number of hydrogen-bond acceptors (Lipinski definition) is 4. The third-order valence-corrected chi connectivity index (χ3v) is 3.90.